The van der Waals surface area contributed by atoms with Crippen LogP contribution in [-0.4, -0.2) is 31.3 Å². The van der Waals surface area contributed by atoms with E-state index in [1.54, 1.807) is 0 Å². The van der Waals surface area contributed by atoms with Crippen LogP contribution in [0.1, 0.15) is 25.8 Å². The number of carbonyl (C=O) groups is 1. The van der Waals surface area contributed by atoms with E-state index in [0.717, 1.165) is 12.2 Å². The van der Waals surface area contributed by atoms with Crippen molar-refractivity contribution in [3.63, 3.8) is 0 Å². The van der Waals surface area contributed by atoms with Crippen LogP contribution in [0.4, 0.5) is 0 Å². The van der Waals surface area contributed by atoms with Crippen LogP contribution >= 0.6 is 0 Å². The zero-order chi connectivity index (χ0) is 13.9. The number of nitrogens with one attached hydrogen (secondary N) is 1. The lowest BCUT2D eigenvalue weighted by molar-refractivity contribution is -0.140. The standard InChI is InChI=1S/C15H21NO3/c1-15(2)13(16-9-8-14(17)18-3)10-11-6-4-5-7-12(11)19-15/h4-7,13,16H,8-10H2,1-3H3. The van der Waals surface area contributed by atoms with Crippen LogP contribution in [0.25, 0.3) is 0 Å². The number of carbonyl (C=O) groups excluding carboxylic acids is 1. The molecule has 104 valence electrons. The molecule has 4 heteroatoms. The van der Waals surface area contributed by atoms with Gasteiger partial charge in [-0.25, -0.2) is 0 Å². The molecule has 0 amide bonds. The molecule has 1 unspecified atom stereocenters. The van der Waals surface area contributed by atoms with Gasteiger partial charge in [0.2, 0.25) is 0 Å². The largest absolute Gasteiger partial charge is 0.486 e. The summed E-state index contributed by atoms with van der Waals surface area (Å²) in [4.78, 5) is 11.1. The zero-order valence-electron chi connectivity index (χ0n) is 11.7. The lowest BCUT2D eigenvalue weighted by atomic mass is 9.88. The summed E-state index contributed by atoms with van der Waals surface area (Å²) in [6.45, 7) is 4.74. The van der Waals surface area contributed by atoms with Crippen molar-refractivity contribution < 1.29 is 14.3 Å². The highest BCUT2D eigenvalue weighted by Gasteiger charge is 2.36. The second kappa shape index (κ2) is 5.61. The van der Waals surface area contributed by atoms with Crippen molar-refractivity contribution in [1.82, 2.24) is 5.32 Å². The SMILES string of the molecule is COC(=O)CCNC1Cc2ccccc2OC1(C)C. The van der Waals surface area contributed by atoms with E-state index in [9.17, 15) is 4.79 Å². The predicted octanol–water partition coefficient (Wildman–Crippen LogP) is 1.92. The van der Waals surface area contributed by atoms with Gasteiger partial charge >= 0.3 is 5.97 Å². The van der Waals surface area contributed by atoms with Crippen LogP contribution in [-0.2, 0) is 16.0 Å². The van der Waals surface area contributed by atoms with Gasteiger partial charge in [0.05, 0.1) is 19.6 Å². The Morgan fingerprint density at radius 2 is 2.21 bits per heavy atom. The number of fused-ring (bicyclic) bond motifs is 1. The number of hydrogen-bond acceptors (Lipinski definition) is 4. The Hall–Kier alpha value is -1.55. The van der Waals surface area contributed by atoms with Gasteiger partial charge in [-0.05, 0) is 31.9 Å². The third-order valence-electron chi connectivity index (χ3n) is 3.56. The quantitative estimate of drug-likeness (QED) is 0.843. The minimum Gasteiger partial charge on any atom is -0.486 e. The van der Waals surface area contributed by atoms with E-state index < -0.39 is 0 Å². The van der Waals surface area contributed by atoms with E-state index in [4.69, 9.17) is 4.74 Å². The summed E-state index contributed by atoms with van der Waals surface area (Å²) in [5.74, 6) is 0.765. The van der Waals surface area contributed by atoms with E-state index in [-0.39, 0.29) is 17.6 Å². The van der Waals surface area contributed by atoms with Gasteiger partial charge in [0.1, 0.15) is 11.4 Å². The minimum atomic E-state index is -0.287. The summed E-state index contributed by atoms with van der Waals surface area (Å²) >= 11 is 0. The molecule has 0 aliphatic carbocycles. The lowest BCUT2D eigenvalue weighted by Crippen LogP contribution is -2.54. The van der Waals surface area contributed by atoms with Crippen LogP contribution in [0.3, 0.4) is 0 Å². The molecule has 0 aromatic heterocycles. The summed E-state index contributed by atoms with van der Waals surface area (Å²) < 4.78 is 10.7. The van der Waals surface area contributed by atoms with Crippen LogP contribution in [0.15, 0.2) is 24.3 Å². The van der Waals surface area contributed by atoms with Crippen molar-refractivity contribution in [1.29, 1.82) is 0 Å². The van der Waals surface area contributed by atoms with Crippen LogP contribution in [0, 0.1) is 0 Å². The highest BCUT2D eigenvalue weighted by molar-refractivity contribution is 5.69. The molecule has 2 rings (SSSR count). The summed E-state index contributed by atoms with van der Waals surface area (Å²) in [5, 5.41) is 3.39. The van der Waals surface area contributed by atoms with Gasteiger partial charge < -0.3 is 14.8 Å². The molecule has 0 fully saturated rings. The number of para-hydroxylation sites is 1. The zero-order valence-corrected chi connectivity index (χ0v) is 11.7. The molecule has 0 saturated heterocycles. The fourth-order valence-electron chi connectivity index (χ4n) is 2.36. The van der Waals surface area contributed by atoms with E-state index in [2.05, 4.69) is 30.0 Å². The maximum absolute atomic E-state index is 11.1. The molecule has 1 aromatic rings. The van der Waals surface area contributed by atoms with Crippen molar-refractivity contribution in [2.75, 3.05) is 13.7 Å². The molecule has 1 heterocycles. The first kappa shape index (κ1) is 13.9. The first-order chi connectivity index (χ1) is 9.03. The Morgan fingerprint density at radius 3 is 2.95 bits per heavy atom. The van der Waals surface area contributed by atoms with E-state index in [0.29, 0.717) is 13.0 Å². The Balaban J connectivity index is 1.99. The summed E-state index contributed by atoms with van der Waals surface area (Å²) in [6, 6.07) is 8.28. The number of benzene rings is 1. The molecule has 1 N–H and O–H groups in total. The molecule has 0 bridgehead atoms. The normalized spacial score (nSPS) is 20.3. The number of rotatable bonds is 4. The molecule has 0 spiro atoms. The summed E-state index contributed by atoms with van der Waals surface area (Å²) in [7, 11) is 1.41. The van der Waals surface area contributed by atoms with E-state index >= 15 is 0 Å². The van der Waals surface area contributed by atoms with Gasteiger partial charge in [-0.15, -0.1) is 0 Å². The highest BCUT2D eigenvalue weighted by Crippen LogP contribution is 2.32. The molecule has 1 aliphatic heterocycles. The van der Waals surface area contributed by atoms with Crippen molar-refractivity contribution in [3.05, 3.63) is 29.8 Å². The first-order valence-electron chi connectivity index (χ1n) is 6.60. The van der Waals surface area contributed by atoms with Gasteiger partial charge in [-0.2, -0.15) is 0 Å². The molecule has 1 aromatic carbocycles. The number of ether oxygens (including phenoxy) is 2. The molecule has 0 saturated carbocycles. The third kappa shape index (κ3) is 3.26. The van der Waals surface area contributed by atoms with E-state index in [1.807, 2.05) is 18.2 Å². The molecule has 19 heavy (non-hydrogen) atoms. The van der Waals surface area contributed by atoms with Crippen LogP contribution in [0.2, 0.25) is 0 Å². The average molecular weight is 263 g/mol. The van der Waals surface area contributed by atoms with Crippen molar-refractivity contribution >= 4 is 5.97 Å². The summed E-state index contributed by atoms with van der Waals surface area (Å²) in [6.07, 6.45) is 1.29. The smallest absolute Gasteiger partial charge is 0.306 e. The lowest BCUT2D eigenvalue weighted by Gasteiger charge is -2.40. The second-order valence-electron chi connectivity index (χ2n) is 5.35. The Morgan fingerprint density at radius 1 is 1.47 bits per heavy atom. The van der Waals surface area contributed by atoms with Gasteiger partial charge in [-0.3, -0.25) is 4.79 Å². The molecule has 4 nitrogen and oxygen atoms in total. The fourth-order valence-corrected chi connectivity index (χ4v) is 2.36. The first-order valence-corrected chi connectivity index (χ1v) is 6.60. The minimum absolute atomic E-state index is 0.187. The Kier molecular flexibility index (Phi) is 4.10. The Bertz CT molecular complexity index is 456. The molecule has 1 aliphatic rings. The second-order valence-corrected chi connectivity index (χ2v) is 5.35. The average Bonchev–Trinajstić information content (AvgIpc) is 2.38. The van der Waals surface area contributed by atoms with Crippen LogP contribution in [0.5, 0.6) is 5.75 Å². The van der Waals surface area contributed by atoms with Gasteiger partial charge in [0, 0.05) is 6.54 Å². The highest BCUT2D eigenvalue weighted by atomic mass is 16.5. The fraction of sp³-hybridized carbons (Fsp3) is 0.533. The topological polar surface area (TPSA) is 47.6 Å². The van der Waals surface area contributed by atoms with Gasteiger partial charge in [0.15, 0.2) is 0 Å². The predicted molar refractivity (Wildman–Crippen MR) is 73.3 cm³/mol. The van der Waals surface area contributed by atoms with Crippen LogP contribution < -0.4 is 10.1 Å². The monoisotopic (exact) mass is 263 g/mol. The maximum atomic E-state index is 11.1. The van der Waals surface area contributed by atoms with Crippen molar-refractivity contribution in [2.45, 2.75) is 38.3 Å². The molecular weight excluding hydrogens is 242 g/mol. The Labute approximate surface area is 114 Å². The number of esters is 1. The van der Waals surface area contributed by atoms with E-state index in [1.165, 1.54) is 12.7 Å². The number of hydrogen-bond donors (Lipinski definition) is 1. The molecular formula is C15H21NO3. The van der Waals surface area contributed by atoms with Crippen molar-refractivity contribution in [3.8, 4) is 5.75 Å². The number of methoxy groups -OCH3 is 1. The third-order valence-corrected chi connectivity index (χ3v) is 3.56. The molecule has 0 radical (unpaired) electrons. The van der Waals surface area contributed by atoms with Gasteiger partial charge in [0.25, 0.3) is 0 Å². The molecule has 1 atom stereocenters. The summed E-state index contributed by atoms with van der Waals surface area (Å²) in [5.41, 5.74) is 0.919. The maximum Gasteiger partial charge on any atom is 0.306 e. The van der Waals surface area contributed by atoms with Crippen molar-refractivity contribution in [2.24, 2.45) is 0 Å². The van der Waals surface area contributed by atoms with Gasteiger partial charge in [-0.1, -0.05) is 18.2 Å².